The third kappa shape index (κ3) is 3.30. The van der Waals surface area contributed by atoms with Gasteiger partial charge in [-0.2, -0.15) is 0 Å². The van der Waals surface area contributed by atoms with Crippen LogP contribution in [-0.4, -0.2) is 21.8 Å². The van der Waals surface area contributed by atoms with Crippen LogP contribution < -0.4 is 9.47 Å². The molecular formula is C12H12N2O2S2. The Morgan fingerprint density at radius 1 is 0.833 bits per heavy atom. The van der Waals surface area contributed by atoms with E-state index >= 15 is 0 Å². The lowest BCUT2D eigenvalue weighted by atomic mass is 10.2. The highest BCUT2D eigenvalue weighted by molar-refractivity contribution is 7.80. The first-order chi connectivity index (χ1) is 8.83. The van der Waals surface area contributed by atoms with Gasteiger partial charge in [-0.3, -0.25) is 9.97 Å². The normalized spacial score (nSPS) is 10.1. The fourth-order valence-corrected chi connectivity index (χ4v) is 1.73. The molecule has 0 radical (unpaired) electrons. The van der Waals surface area contributed by atoms with Crippen molar-refractivity contribution < 1.29 is 9.47 Å². The quantitative estimate of drug-likeness (QED) is 0.653. The molecule has 6 heteroatoms. The summed E-state index contributed by atoms with van der Waals surface area (Å²) in [5, 5.41) is 0. The molecule has 2 heterocycles. The molecule has 0 aliphatic rings. The van der Waals surface area contributed by atoms with Gasteiger partial charge in [0.25, 0.3) is 0 Å². The van der Waals surface area contributed by atoms with E-state index in [4.69, 9.17) is 9.47 Å². The molecule has 0 aliphatic carbocycles. The molecule has 0 bridgehead atoms. The number of nitrogens with zero attached hydrogens (tertiary/aromatic N) is 2. The summed E-state index contributed by atoms with van der Waals surface area (Å²) in [6.45, 7) is 0. The van der Waals surface area contributed by atoms with Crippen molar-refractivity contribution in [3.8, 4) is 22.9 Å². The number of aromatic nitrogens is 2. The van der Waals surface area contributed by atoms with Crippen LogP contribution in [0.1, 0.15) is 0 Å². The van der Waals surface area contributed by atoms with Gasteiger partial charge >= 0.3 is 0 Å². The molecular weight excluding hydrogens is 268 g/mol. The van der Waals surface area contributed by atoms with E-state index in [0.29, 0.717) is 23.4 Å². The van der Waals surface area contributed by atoms with Crippen LogP contribution in [-0.2, 0) is 0 Å². The summed E-state index contributed by atoms with van der Waals surface area (Å²) in [7, 11) is 0. The summed E-state index contributed by atoms with van der Waals surface area (Å²) >= 11 is 8.02. The average molecular weight is 280 g/mol. The second-order valence-corrected chi connectivity index (χ2v) is 3.82. The zero-order chi connectivity index (χ0) is 12.8. The lowest BCUT2D eigenvalue weighted by Crippen LogP contribution is -1.94. The van der Waals surface area contributed by atoms with E-state index in [0.717, 1.165) is 11.4 Å². The highest BCUT2D eigenvalue weighted by atomic mass is 32.1. The Morgan fingerprint density at radius 3 is 1.67 bits per heavy atom. The molecule has 0 saturated carbocycles. The largest absolute Gasteiger partial charge is 0.483 e. The molecule has 0 spiro atoms. The van der Waals surface area contributed by atoms with E-state index in [1.54, 1.807) is 24.5 Å². The van der Waals surface area contributed by atoms with Crippen molar-refractivity contribution in [3.05, 3.63) is 36.7 Å². The minimum atomic E-state index is 0.319. The van der Waals surface area contributed by atoms with Gasteiger partial charge in [-0.15, -0.1) is 25.3 Å². The Kier molecular flexibility index (Phi) is 4.72. The monoisotopic (exact) mass is 280 g/mol. The summed E-state index contributed by atoms with van der Waals surface area (Å²) in [6, 6.07) is 7.16. The van der Waals surface area contributed by atoms with E-state index in [2.05, 4.69) is 35.2 Å². The summed E-state index contributed by atoms with van der Waals surface area (Å²) in [5.41, 5.74) is 1.44. The van der Waals surface area contributed by atoms with Crippen molar-refractivity contribution in [1.29, 1.82) is 0 Å². The van der Waals surface area contributed by atoms with Crippen LogP contribution in [0.25, 0.3) is 11.4 Å². The second-order valence-electron chi connectivity index (χ2n) is 3.30. The molecule has 0 saturated heterocycles. The Bertz CT molecular complexity index is 475. The van der Waals surface area contributed by atoms with Crippen molar-refractivity contribution in [2.24, 2.45) is 0 Å². The summed E-state index contributed by atoms with van der Waals surface area (Å²) in [6.07, 6.45) is 3.34. The van der Waals surface area contributed by atoms with Crippen LogP contribution >= 0.6 is 25.3 Å². The third-order valence-corrected chi connectivity index (χ3v) is 2.45. The molecule has 0 N–H and O–H groups in total. The van der Waals surface area contributed by atoms with Crippen molar-refractivity contribution in [1.82, 2.24) is 9.97 Å². The number of ether oxygens (including phenoxy) is 2. The Balaban J connectivity index is 2.29. The summed E-state index contributed by atoms with van der Waals surface area (Å²) in [5.74, 6) is 2.05. The minimum absolute atomic E-state index is 0.319. The molecule has 0 unspecified atom stereocenters. The number of thiol groups is 2. The lowest BCUT2D eigenvalue weighted by Gasteiger charge is -2.06. The first-order valence-corrected chi connectivity index (χ1v) is 6.50. The van der Waals surface area contributed by atoms with Crippen molar-refractivity contribution >= 4 is 25.3 Å². The highest BCUT2D eigenvalue weighted by Crippen LogP contribution is 2.23. The van der Waals surface area contributed by atoms with Crippen molar-refractivity contribution in [2.75, 3.05) is 11.9 Å². The summed E-state index contributed by atoms with van der Waals surface area (Å²) < 4.78 is 10.6. The Hall–Kier alpha value is -1.40. The molecule has 2 aromatic rings. The van der Waals surface area contributed by atoms with Crippen LogP contribution in [0, 0.1) is 0 Å². The van der Waals surface area contributed by atoms with Gasteiger partial charge in [-0.25, -0.2) is 0 Å². The first kappa shape index (κ1) is 13.0. The first-order valence-electron chi connectivity index (χ1n) is 5.23. The fourth-order valence-electron chi connectivity index (χ4n) is 1.43. The van der Waals surface area contributed by atoms with Crippen LogP contribution in [0.2, 0.25) is 0 Å². The standard InChI is InChI=1S/C12H12N2O2S2/c17-7-15-9-1-3-13-11(5-9)12-6-10(16-8-18)2-4-14-12/h1-6,17-18H,7-8H2. The summed E-state index contributed by atoms with van der Waals surface area (Å²) in [4.78, 5) is 8.50. The molecule has 2 rings (SSSR count). The number of rotatable bonds is 5. The Morgan fingerprint density at radius 2 is 1.28 bits per heavy atom. The topological polar surface area (TPSA) is 44.2 Å². The smallest absolute Gasteiger partial charge is 0.131 e. The van der Waals surface area contributed by atoms with Gasteiger partial charge in [0, 0.05) is 24.5 Å². The van der Waals surface area contributed by atoms with Gasteiger partial charge < -0.3 is 9.47 Å². The molecule has 94 valence electrons. The SMILES string of the molecule is SCOc1ccnc(-c2cc(OCS)ccn2)c1. The van der Waals surface area contributed by atoms with Gasteiger partial charge in [0.2, 0.25) is 0 Å². The molecule has 2 aromatic heterocycles. The van der Waals surface area contributed by atoms with Crippen molar-refractivity contribution in [2.45, 2.75) is 0 Å². The van der Waals surface area contributed by atoms with Crippen LogP contribution in [0.5, 0.6) is 11.5 Å². The number of pyridine rings is 2. The fraction of sp³-hybridized carbons (Fsp3) is 0.167. The van der Waals surface area contributed by atoms with Gasteiger partial charge in [0.1, 0.15) is 23.4 Å². The predicted molar refractivity (Wildman–Crippen MR) is 76.4 cm³/mol. The maximum atomic E-state index is 5.30. The van der Waals surface area contributed by atoms with E-state index in [9.17, 15) is 0 Å². The maximum absolute atomic E-state index is 5.30. The molecule has 18 heavy (non-hydrogen) atoms. The maximum Gasteiger partial charge on any atom is 0.131 e. The zero-order valence-corrected chi connectivity index (χ0v) is 11.3. The lowest BCUT2D eigenvalue weighted by molar-refractivity contribution is 0.393. The third-order valence-electron chi connectivity index (χ3n) is 2.19. The van der Waals surface area contributed by atoms with Gasteiger partial charge in [-0.1, -0.05) is 0 Å². The average Bonchev–Trinajstić information content (AvgIpc) is 2.40. The molecule has 0 atom stereocenters. The van der Waals surface area contributed by atoms with E-state index < -0.39 is 0 Å². The van der Waals surface area contributed by atoms with Gasteiger partial charge in [0.15, 0.2) is 0 Å². The van der Waals surface area contributed by atoms with Crippen LogP contribution in [0.3, 0.4) is 0 Å². The highest BCUT2D eigenvalue weighted by Gasteiger charge is 2.04. The van der Waals surface area contributed by atoms with E-state index in [1.807, 2.05) is 12.1 Å². The molecule has 0 amide bonds. The van der Waals surface area contributed by atoms with Gasteiger partial charge in [-0.05, 0) is 12.1 Å². The van der Waals surface area contributed by atoms with Crippen LogP contribution in [0.4, 0.5) is 0 Å². The second kappa shape index (κ2) is 6.51. The molecule has 0 aromatic carbocycles. The van der Waals surface area contributed by atoms with Crippen LogP contribution in [0.15, 0.2) is 36.7 Å². The zero-order valence-electron chi connectivity index (χ0n) is 9.48. The van der Waals surface area contributed by atoms with Gasteiger partial charge in [0.05, 0.1) is 11.4 Å². The number of hydrogen-bond acceptors (Lipinski definition) is 6. The molecule has 0 fully saturated rings. The molecule has 0 aliphatic heterocycles. The Labute approximate surface area is 116 Å². The number of hydrogen-bond donors (Lipinski definition) is 2. The minimum Gasteiger partial charge on any atom is -0.483 e. The van der Waals surface area contributed by atoms with Crippen molar-refractivity contribution in [3.63, 3.8) is 0 Å². The van der Waals surface area contributed by atoms with E-state index in [-0.39, 0.29) is 0 Å². The predicted octanol–water partition coefficient (Wildman–Crippen LogP) is 2.68. The molecule has 4 nitrogen and oxygen atoms in total. The van der Waals surface area contributed by atoms with E-state index in [1.165, 1.54) is 0 Å².